The summed E-state index contributed by atoms with van der Waals surface area (Å²) < 4.78 is 0. The zero-order chi connectivity index (χ0) is 14.3. The Balaban J connectivity index is 1.92. The maximum absolute atomic E-state index is 5.65. The molecule has 0 unspecified atom stereocenters. The standard InChI is InChI=1S/C16H16N4S/c17-20-13-12-7-10-21-14(12)19-15(18-13)16(8-4-9-16)11-5-2-1-3-6-11/h1-3,5-7,10H,4,8-9,17H2,(H,18,19,20). The fourth-order valence-corrected chi connectivity index (χ4v) is 3.87. The van der Waals surface area contributed by atoms with E-state index >= 15 is 0 Å². The Labute approximate surface area is 127 Å². The van der Waals surface area contributed by atoms with E-state index in [-0.39, 0.29) is 5.41 Å². The van der Waals surface area contributed by atoms with Gasteiger partial charge in [0.2, 0.25) is 0 Å². The summed E-state index contributed by atoms with van der Waals surface area (Å²) in [5, 5.41) is 3.02. The minimum Gasteiger partial charge on any atom is -0.308 e. The van der Waals surface area contributed by atoms with Gasteiger partial charge in [-0.25, -0.2) is 15.8 Å². The first-order valence-electron chi connectivity index (χ1n) is 7.11. The Kier molecular flexibility index (Phi) is 2.90. The zero-order valence-corrected chi connectivity index (χ0v) is 12.4. The highest BCUT2D eigenvalue weighted by atomic mass is 32.1. The molecule has 106 valence electrons. The smallest absolute Gasteiger partial charge is 0.152 e. The lowest BCUT2D eigenvalue weighted by atomic mass is 9.64. The molecular weight excluding hydrogens is 280 g/mol. The zero-order valence-electron chi connectivity index (χ0n) is 11.5. The molecule has 1 aliphatic carbocycles. The third-order valence-corrected chi connectivity index (χ3v) is 5.23. The van der Waals surface area contributed by atoms with Gasteiger partial charge in [0.25, 0.3) is 0 Å². The van der Waals surface area contributed by atoms with Gasteiger partial charge in [0.05, 0.1) is 10.8 Å². The molecule has 1 saturated carbocycles. The second kappa shape index (κ2) is 4.79. The van der Waals surface area contributed by atoms with Crippen LogP contribution in [0.4, 0.5) is 5.82 Å². The Morgan fingerprint density at radius 2 is 1.90 bits per heavy atom. The summed E-state index contributed by atoms with van der Waals surface area (Å²) in [6.07, 6.45) is 3.40. The summed E-state index contributed by atoms with van der Waals surface area (Å²) in [6.45, 7) is 0. The van der Waals surface area contributed by atoms with Crippen LogP contribution in [0.1, 0.15) is 30.7 Å². The van der Waals surface area contributed by atoms with E-state index < -0.39 is 0 Å². The topological polar surface area (TPSA) is 63.8 Å². The summed E-state index contributed by atoms with van der Waals surface area (Å²) in [7, 11) is 0. The van der Waals surface area contributed by atoms with Crippen molar-refractivity contribution in [2.45, 2.75) is 24.7 Å². The van der Waals surface area contributed by atoms with Crippen molar-refractivity contribution in [2.24, 2.45) is 5.84 Å². The molecule has 5 heteroatoms. The number of hydrogen-bond donors (Lipinski definition) is 2. The molecule has 0 atom stereocenters. The highest BCUT2D eigenvalue weighted by Crippen LogP contribution is 2.48. The average molecular weight is 296 g/mol. The van der Waals surface area contributed by atoms with Crippen LogP contribution in [0.25, 0.3) is 10.2 Å². The third-order valence-electron chi connectivity index (χ3n) is 4.42. The largest absolute Gasteiger partial charge is 0.308 e. The van der Waals surface area contributed by atoms with Gasteiger partial charge in [-0.15, -0.1) is 11.3 Å². The van der Waals surface area contributed by atoms with Gasteiger partial charge in [-0.2, -0.15) is 0 Å². The lowest BCUT2D eigenvalue weighted by Gasteiger charge is -2.41. The molecule has 0 spiro atoms. The normalized spacial score (nSPS) is 16.6. The van der Waals surface area contributed by atoms with Crippen LogP contribution in [0.2, 0.25) is 0 Å². The number of rotatable bonds is 3. The average Bonchev–Trinajstić information content (AvgIpc) is 2.95. The Morgan fingerprint density at radius 3 is 2.57 bits per heavy atom. The monoisotopic (exact) mass is 296 g/mol. The molecule has 2 aromatic heterocycles. The minimum absolute atomic E-state index is 0.0506. The maximum atomic E-state index is 5.65. The van der Waals surface area contributed by atoms with E-state index in [0.29, 0.717) is 0 Å². The van der Waals surface area contributed by atoms with Crippen LogP contribution >= 0.6 is 11.3 Å². The van der Waals surface area contributed by atoms with Crippen LogP contribution in [0.15, 0.2) is 41.8 Å². The number of benzene rings is 1. The lowest BCUT2D eigenvalue weighted by Crippen LogP contribution is -2.37. The van der Waals surface area contributed by atoms with Crippen LogP contribution in [-0.2, 0) is 5.41 Å². The lowest BCUT2D eigenvalue weighted by molar-refractivity contribution is 0.286. The summed E-state index contributed by atoms with van der Waals surface area (Å²) in [6, 6.07) is 12.6. The van der Waals surface area contributed by atoms with Crippen LogP contribution in [-0.4, -0.2) is 9.97 Å². The Hall–Kier alpha value is -1.98. The SMILES string of the molecule is NNc1nc(C2(c3ccccc3)CCC2)nc2sccc12. The first-order valence-corrected chi connectivity index (χ1v) is 7.99. The number of nitrogens with two attached hydrogens (primary N) is 1. The van der Waals surface area contributed by atoms with Gasteiger partial charge in [0.15, 0.2) is 5.82 Å². The van der Waals surface area contributed by atoms with Crippen LogP contribution in [0, 0.1) is 0 Å². The molecule has 0 radical (unpaired) electrons. The number of thiophene rings is 1. The van der Waals surface area contributed by atoms with Crippen molar-refractivity contribution in [1.29, 1.82) is 0 Å². The fourth-order valence-electron chi connectivity index (χ4n) is 3.11. The van der Waals surface area contributed by atoms with Crippen LogP contribution in [0.5, 0.6) is 0 Å². The minimum atomic E-state index is -0.0506. The molecule has 4 rings (SSSR count). The summed E-state index contributed by atoms with van der Waals surface area (Å²) in [5.41, 5.74) is 3.97. The molecule has 0 saturated heterocycles. The van der Waals surface area contributed by atoms with Crippen LogP contribution < -0.4 is 11.3 Å². The van der Waals surface area contributed by atoms with Crippen molar-refractivity contribution in [3.63, 3.8) is 0 Å². The number of hydrogen-bond acceptors (Lipinski definition) is 5. The summed E-state index contributed by atoms with van der Waals surface area (Å²) in [5.74, 6) is 7.26. The predicted molar refractivity (Wildman–Crippen MR) is 86.3 cm³/mol. The highest BCUT2D eigenvalue weighted by molar-refractivity contribution is 7.16. The molecule has 4 nitrogen and oxygen atoms in total. The number of fused-ring (bicyclic) bond motifs is 1. The molecule has 1 aromatic carbocycles. The molecule has 21 heavy (non-hydrogen) atoms. The molecule has 0 amide bonds. The van der Waals surface area contributed by atoms with Gasteiger partial charge in [0.1, 0.15) is 10.7 Å². The van der Waals surface area contributed by atoms with Crippen molar-refractivity contribution >= 4 is 27.4 Å². The fraction of sp³-hybridized carbons (Fsp3) is 0.250. The number of nitrogens with zero attached hydrogens (tertiary/aromatic N) is 2. The highest BCUT2D eigenvalue weighted by Gasteiger charge is 2.43. The Morgan fingerprint density at radius 1 is 1.10 bits per heavy atom. The molecule has 0 aliphatic heterocycles. The second-order valence-electron chi connectivity index (χ2n) is 5.48. The number of aromatic nitrogens is 2. The van der Waals surface area contributed by atoms with Gasteiger partial charge in [-0.3, -0.25) is 0 Å². The number of nitrogen functional groups attached to an aromatic ring is 1. The molecule has 1 aliphatic rings. The predicted octanol–water partition coefficient (Wildman–Crippen LogP) is 3.45. The second-order valence-corrected chi connectivity index (χ2v) is 6.38. The molecule has 2 heterocycles. The van der Waals surface area contributed by atoms with Crippen LogP contribution in [0.3, 0.4) is 0 Å². The molecule has 3 aromatic rings. The quantitative estimate of drug-likeness (QED) is 0.574. The van der Waals surface area contributed by atoms with E-state index in [2.05, 4.69) is 29.7 Å². The van der Waals surface area contributed by atoms with E-state index in [4.69, 9.17) is 15.8 Å². The first kappa shape index (κ1) is 12.7. The van der Waals surface area contributed by atoms with Crippen molar-refractivity contribution < 1.29 is 0 Å². The maximum Gasteiger partial charge on any atom is 0.152 e. The van der Waals surface area contributed by atoms with Gasteiger partial charge in [0, 0.05) is 0 Å². The number of anilines is 1. The summed E-state index contributed by atoms with van der Waals surface area (Å²) >= 11 is 1.63. The van der Waals surface area contributed by atoms with Gasteiger partial charge in [-0.05, 0) is 29.9 Å². The molecule has 3 N–H and O–H groups in total. The molecule has 1 fully saturated rings. The summed E-state index contributed by atoms with van der Waals surface area (Å²) in [4.78, 5) is 10.5. The Bertz CT molecular complexity index is 777. The van der Waals surface area contributed by atoms with E-state index in [1.165, 1.54) is 12.0 Å². The van der Waals surface area contributed by atoms with Crippen molar-refractivity contribution in [3.05, 3.63) is 53.2 Å². The molecule has 0 bridgehead atoms. The number of nitrogens with one attached hydrogen (secondary N) is 1. The van der Waals surface area contributed by atoms with Gasteiger partial charge >= 0.3 is 0 Å². The van der Waals surface area contributed by atoms with Gasteiger partial charge < -0.3 is 5.43 Å². The number of hydrazine groups is 1. The van der Waals surface area contributed by atoms with Crippen molar-refractivity contribution in [2.75, 3.05) is 5.43 Å². The van der Waals surface area contributed by atoms with E-state index in [1.807, 2.05) is 17.5 Å². The van der Waals surface area contributed by atoms with E-state index in [1.54, 1.807) is 11.3 Å². The molecular formula is C16H16N4S. The first-order chi connectivity index (χ1) is 10.3. The van der Waals surface area contributed by atoms with Crippen molar-refractivity contribution in [3.8, 4) is 0 Å². The van der Waals surface area contributed by atoms with Gasteiger partial charge in [-0.1, -0.05) is 36.8 Å². The van der Waals surface area contributed by atoms with Crippen molar-refractivity contribution in [1.82, 2.24) is 9.97 Å². The van der Waals surface area contributed by atoms with E-state index in [9.17, 15) is 0 Å². The van der Waals surface area contributed by atoms with E-state index in [0.717, 1.165) is 34.7 Å². The third kappa shape index (κ3) is 1.85.